The van der Waals surface area contributed by atoms with Crippen molar-refractivity contribution in [2.45, 2.75) is 46.2 Å². The molecule has 0 amide bonds. The van der Waals surface area contributed by atoms with Gasteiger partial charge in [0, 0.05) is 123 Å². The van der Waals surface area contributed by atoms with Gasteiger partial charge >= 0.3 is 11.9 Å². The number of aliphatic carboxylic acids is 2. The highest BCUT2D eigenvalue weighted by Gasteiger charge is 2.30. The zero-order chi connectivity index (χ0) is 53.4. The molecule has 2 unspecified atom stereocenters. The number of nitrogens with zero attached hydrogens (tertiary/aromatic N) is 4. The lowest BCUT2D eigenvalue weighted by Crippen LogP contribution is -2.45. The van der Waals surface area contributed by atoms with Gasteiger partial charge in [0.25, 0.3) is 0 Å². The fourth-order valence-electron chi connectivity index (χ4n) is 8.53. The van der Waals surface area contributed by atoms with Gasteiger partial charge in [-0.2, -0.15) is 33.0 Å². The Morgan fingerprint density at radius 3 is 1.19 bits per heavy atom. The molecular weight excluding hydrogens is 1020 g/mol. The second-order valence-corrected chi connectivity index (χ2v) is 23.7. The number of ether oxygens (including phenoxy) is 2. The van der Waals surface area contributed by atoms with Crippen LogP contribution in [0.3, 0.4) is 0 Å². The molecule has 0 spiro atoms. The summed E-state index contributed by atoms with van der Waals surface area (Å²) >= 11 is 3.41. The fourth-order valence-corrected chi connectivity index (χ4v) is 13.3. The van der Waals surface area contributed by atoms with Crippen LogP contribution in [0.4, 0.5) is 11.4 Å². The summed E-state index contributed by atoms with van der Waals surface area (Å²) in [5.74, 6) is 1.67. The number of nitrogens with one attached hydrogen (secondary N) is 2. The molecule has 6 rings (SSSR count). The van der Waals surface area contributed by atoms with E-state index in [9.17, 15) is 36.6 Å². The highest BCUT2D eigenvalue weighted by Crippen LogP contribution is 2.32. The van der Waals surface area contributed by atoms with E-state index in [1.165, 1.54) is 12.1 Å². The number of anilines is 2. The largest absolute Gasteiger partial charge is 0.497 e. The molecule has 16 nitrogen and oxygen atoms in total. The molecule has 398 valence electrons. The SMILES string of the molecule is COc1ccc(CSCCN(CCC(NS(=O)(=O)c2cccc3c(N(C)C)cccc23)C(=O)O)CCN(CCSCc2ccc(OC)cc2)CCC(NS(=O)(=O)c2cccc3c(N(C)C)cccc23)C(=O)O)cc1. The van der Waals surface area contributed by atoms with Gasteiger partial charge in [-0.3, -0.25) is 9.59 Å². The molecule has 0 bridgehead atoms. The summed E-state index contributed by atoms with van der Waals surface area (Å²) in [7, 11) is 2.09. The number of methoxy groups -OCH3 is 2. The van der Waals surface area contributed by atoms with Gasteiger partial charge in [0.05, 0.1) is 24.0 Å². The van der Waals surface area contributed by atoms with E-state index in [2.05, 4.69) is 19.2 Å². The molecule has 2 atom stereocenters. The zero-order valence-electron chi connectivity index (χ0n) is 42.8. The second kappa shape index (κ2) is 27.3. The van der Waals surface area contributed by atoms with Crippen molar-refractivity contribution in [1.82, 2.24) is 19.2 Å². The second-order valence-electron chi connectivity index (χ2n) is 18.1. The van der Waals surface area contributed by atoms with Crippen molar-refractivity contribution >= 4 is 88.4 Å². The van der Waals surface area contributed by atoms with Crippen LogP contribution in [0.5, 0.6) is 11.5 Å². The number of carboxylic acid groups (broad SMARTS) is 2. The molecule has 0 aliphatic carbocycles. The average Bonchev–Trinajstić information content (AvgIpc) is 3.38. The summed E-state index contributed by atoms with van der Waals surface area (Å²) in [6.45, 7) is 2.37. The minimum atomic E-state index is -4.31. The van der Waals surface area contributed by atoms with Crippen LogP contribution < -0.4 is 28.7 Å². The van der Waals surface area contributed by atoms with Crippen molar-refractivity contribution in [3.8, 4) is 11.5 Å². The molecule has 6 aromatic carbocycles. The molecule has 0 fully saturated rings. The molecule has 0 aliphatic rings. The molecule has 4 N–H and O–H groups in total. The third-order valence-corrected chi connectivity index (χ3v) is 17.7. The number of sulfonamides is 2. The third-order valence-electron chi connectivity index (χ3n) is 12.6. The lowest BCUT2D eigenvalue weighted by Gasteiger charge is -2.29. The van der Waals surface area contributed by atoms with Gasteiger partial charge in [0.2, 0.25) is 20.0 Å². The molecule has 0 heterocycles. The maximum absolute atomic E-state index is 14.1. The maximum atomic E-state index is 14.1. The molecule has 0 aliphatic heterocycles. The van der Waals surface area contributed by atoms with E-state index in [4.69, 9.17) is 9.47 Å². The van der Waals surface area contributed by atoms with E-state index in [0.29, 0.717) is 59.2 Å². The molecule has 0 aromatic heterocycles. The topological polar surface area (TPSA) is 198 Å². The normalized spacial score (nSPS) is 12.8. The van der Waals surface area contributed by atoms with E-state index in [1.54, 1.807) is 74.1 Å². The summed E-state index contributed by atoms with van der Waals surface area (Å²) in [6, 6.07) is 33.4. The van der Waals surface area contributed by atoms with Gasteiger partial charge in [-0.25, -0.2) is 16.8 Å². The van der Waals surface area contributed by atoms with Crippen molar-refractivity contribution in [3.63, 3.8) is 0 Å². The summed E-state index contributed by atoms with van der Waals surface area (Å²) in [6.07, 6.45) is -0.0909. The van der Waals surface area contributed by atoms with Gasteiger partial charge in [-0.15, -0.1) is 0 Å². The Bertz CT molecular complexity index is 2830. The van der Waals surface area contributed by atoms with Crippen LogP contribution in [0.25, 0.3) is 21.5 Å². The Balaban J connectivity index is 1.20. The maximum Gasteiger partial charge on any atom is 0.321 e. The van der Waals surface area contributed by atoms with Crippen LogP contribution in [-0.2, 0) is 41.1 Å². The number of thioether (sulfide) groups is 2. The number of benzene rings is 6. The monoisotopic (exact) mass is 1090 g/mol. The first-order valence-electron chi connectivity index (χ1n) is 24.1. The number of fused-ring (bicyclic) bond motifs is 2. The van der Waals surface area contributed by atoms with Crippen LogP contribution >= 0.6 is 23.5 Å². The summed E-state index contributed by atoms with van der Waals surface area (Å²) in [5.41, 5.74) is 3.85. The van der Waals surface area contributed by atoms with E-state index in [-0.39, 0.29) is 35.7 Å². The Hall–Kier alpha value is -5.58. The molecule has 74 heavy (non-hydrogen) atoms. The summed E-state index contributed by atoms with van der Waals surface area (Å²) in [5, 5.41) is 23.3. The Morgan fingerprint density at radius 1 is 0.500 bits per heavy atom. The first kappa shape index (κ1) is 57.7. The van der Waals surface area contributed by atoms with Crippen LogP contribution in [-0.4, -0.2) is 154 Å². The summed E-state index contributed by atoms with van der Waals surface area (Å²) < 4.78 is 71.9. The van der Waals surface area contributed by atoms with Gasteiger partial charge in [-0.1, -0.05) is 72.8 Å². The first-order chi connectivity index (χ1) is 35.4. The predicted molar refractivity (Wildman–Crippen MR) is 300 cm³/mol. The van der Waals surface area contributed by atoms with Crippen LogP contribution in [0.15, 0.2) is 131 Å². The van der Waals surface area contributed by atoms with Crippen molar-refractivity contribution < 1.29 is 46.1 Å². The van der Waals surface area contributed by atoms with Crippen LogP contribution in [0.1, 0.15) is 24.0 Å². The van der Waals surface area contributed by atoms with E-state index in [1.807, 2.05) is 111 Å². The number of hydrogen-bond donors (Lipinski definition) is 4. The van der Waals surface area contributed by atoms with Crippen molar-refractivity contribution in [1.29, 1.82) is 0 Å². The third kappa shape index (κ3) is 16.0. The first-order valence-corrected chi connectivity index (χ1v) is 29.4. The Labute approximate surface area is 444 Å². The quantitative estimate of drug-likeness (QED) is 0.0311. The number of hydrogen-bond acceptors (Lipinski definition) is 14. The van der Waals surface area contributed by atoms with Crippen molar-refractivity contribution in [2.75, 3.05) is 103 Å². The fraction of sp³-hybridized carbons (Fsp3) is 0.370. The number of rotatable bonds is 31. The Morgan fingerprint density at radius 2 is 0.851 bits per heavy atom. The van der Waals surface area contributed by atoms with Gasteiger partial charge in [0.15, 0.2) is 0 Å². The standard InChI is InChI=1S/C54H68N6O10S4/c1-57(2)49-15-7-13-45-43(49)11-9-17-51(45)73(65,66)55-47(53(61)62)27-29-59(33-35-71-37-39-19-23-41(69-5)24-20-39)31-32-60(34-36-72-38-40-21-25-42(70-6)26-22-40)30-28-48(54(63)64)56-74(67,68)52-18-10-12-44-46(52)14-8-16-50(44)58(3)4/h7-26,47-48,55-56H,27-38H2,1-6H3,(H,61,62)(H,63,64). The summed E-state index contributed by atoms with van der Waals surface area (Å²) in [4.78, 5) is 33.7. The number of carbonyl (C=O) groups is 2. The highest BCUT2D eigenvalue weighted by molar-refractivity contribution is 7.98. The zero-order valence-corrected chi connectivity index (χ0v) is 46.0. The van der Waals surface area contributed by atoms with Crippen LogP contribution in [0, 0.1) is 0 Å². The smallest absolute Gasteiger partial charge is 0.321 e. The van der Waals surface area contributed by atoms with Crippen molar-refractivity contribution in [3.05, 3.63) is 132 Å². The average molecular weight is 1090 g/mol. The molecule has 6 aromatic rings. The van der Waals surface area contributed by atoms with Gasteiger partial charge in [-0.05, 0) is 72.5 Å². The Kier molecular flexibility index (Phi) is 21.3. The van der Waals surface area contributed by atoms with E-state index < -0.39 is 44.1 Å². The minimum absolute atomic E-state index is 0.0187. The van der Waals surface area contributed by atoms with Gasteiger partial charge < -0.3 is 39.3 Å². The minimum Gasteiger partial charge on any atom is -0.497 e. The van der Waals surface area contributed by atoms with E-state index >= 15 is 0 Å². The molecule has 0 saturated heterocycles. The van der Waals surface area contributed by atoms with Crippen molar-refractivity contribution in [2.24, 2.45) is 0 Å². The lowest BCUT2D eigenvalue weighted by molar-refractivity contribution is -0.140. The highest BCUT2D eigenvalue weighted by atomic mass is 32.2. The van der Waals surface area contributed by atoms with Crippen LogP contribution in [0.2, 0.25) is 0 Å². The van der Waals surface area contributed by atoms with Gasteiger partial charge in [0.1, 0.15) is 23.6 Å². The predicted octanol–water partition coefficient (Wildman–Crippen LogP) is 7.56. The molecule has 0 radical (unpaired) electrons. The van der Waals surface area contributed by atoms with E-state index in [0.717, 1.165) is 45.5 Å². The lowest BCUT2D eigenvalue weighted by atomic mass is 10.1. The molecule has 0 saturated carbocycles. The molecule has 20 heteroatoms. The molecular formula is C54H68N6O10S4. The number of carboxylic acids is 2.